The zero-order valence-corrected chi connectivity index (χ0v) is 40.2. The Balaban J connectivity index is 0.964. The van der Waals surface area contributed by atoms with Crippen molar-refractivity contribution in [3.63, 3.8) is 0 Å². The van der Waals surface area contributed by atoms with E-state index in [2.05, 4.69) is 237 Å². The summed E-state index contributed by atoms with van der Waals surface area (Å²) in [7, 11) is 0. The van der Waals surface area contributed by atoms with Gasteiger partial charge in [-0.05, 0) is 123 Å². The molecule has 0 aliphatic rings. The van der Waals surface area contributed by atoms with Crippen molar-refractivity contribution in [2.75, 3.05) is 0 Å². The average Bonchev–Trinajstić information content (AvgIpc) is 3.49. The van der Waals surface area contributed by atoms with Gasteiger partial charge in [0.05, 0.1) is 22.6 Å². The van der Waals surface area contributed by atoms with Crippen molar-refractivity contribution < 1.29 is 0 Å². The minimum Gasteiger partial charge on any atom is -0.247 e. The Labute approximate surface area is 427 Å². The molecule has 0 unspecified atom stereocenters. The third-order valence-electron chi connectivity index (χ3n) is 15.2. The molecule has 3 heteroatoms. The molecular weight excluding hydrogens is 895 g/mol. The second-order valence-electron chi connectivity index (χ2n) is 19.4. The quantitative estimate of drug-likeness (QED) is 0.156. The van der Waals surface area contributed by atoms with Gasteiger partial charge in [-0.1, -0.05) is 231 Å². The number of fused-ring (bicyclic) bond motifs is 15. The molecule has 0 bridgehead atoms. The minimum absolute atomic E-state index is 0.696. The summed E-state index contributed by atoms with van der Waals surface area (Å²) in [4.78, 5) is 16.0. The van der Waals surface area contributed by atoms with Crippen molar-refractivity contribution >= 4 is 86.3 Å². The van der Waals surface area contributed by atoms with Gasteiger partial charge in [-0.25, -0.2) is 15.0 Å². The van der Waals surface area contributed by atoms with Crippen molar-refractivity contribution in [1.82, 2.24) is 15.0 Å². The van der Waals surface area contributed by atoms with E-state index in [9.17, 15) is 0 Å². The highest BCUT2D eigenvalue weighted by Crippen LogP contribution is 2.44. The Kier molecular flexibility index (Phi) is 9.57. The molecule has 15 aromatic rings. The first-order valence-electron chi connectivity index (χ1n) is 25.3. The fourth-order valence-corrected chi connectivity index (χ4v) is 11.7. The van der Waals surface area contributed by atoms with E-state index in [0.29, 0.717) is 5.82 Å². The number of hydrogen-bond donors (Lipinski definition) is 0. The molecule has 2 heterocycles. The normalized spacial score (nSPS) is 11.8. The van der Waals surface area contributed by atoms with Crippen LogP contribution in [0.3, 0.4) is 0 Å². The molecule has 0 atom stereocenters. The van der Waals surface area contributed by atoms with E-state index in [1.165, 1.54) is 81.1 Å². The SMILES string of the molecule is c1ccc(-c2cc(-c3ccc(-c4cc(-c5ccc6c7ccccc7c7ccccc7c6c5)nc5c4cc(-c4ccc6c7ccccc7c7ccccc7c6c4)c4ccccc45)cc3)nc(-c3ccccc3)n2)cc1. The van der Waals surface area contributed by atoms with Gasteiger partial charge in [0.1, 0.15) is 0 Å². The topological polar surface area (TPSA) is 38.7 Å². The van der Waals surface area contributed by atoms with Crippen molar-refractivity contribution in [1.29, 1.82) is 0 Å². The van der Waals surface area contributed by atoms with Crippen LogP contribution in [-0.4, -0.2) is 15.0 Å². The van der Waals surface area contributed by atoms with Crippen LogP contribution < -0.4 is 0 Å². The lowest BCUT2D eigenvalue weighted by molar-refractivity contribution is 1.18. The van der Waals surface area contributed by atoms with Gasteiger partial charge in [0.15, 0.2) is 5.82 Å². The van der Waals surface area contributed by atoms with Crippen LogP contribution in [-0.2, 0) is 0 Å². The van der Waals surface area contributed by atoms with Crippen LogP contribution in [0.4, 0.5) is 0 Å². The maximum absolute atomic E-state index is 5.69. The summed E-state index contributed by atoms with van der Waals surface area (Å²) in [6, 6.07) is 94.3. The van der Waals surface area contributed by atoms with Crippen molar-refractivity contribution in [3.8, 4) is 67.4 Å². The number of hydrogen-bond acceptors (Lipinski definition) is 3. The smallest absolute Gasteiger partial charge is 0.160 e. The van der Waals surface area contributed by atoms with Crippen LogP contribution in [0.2, 0.25) is 0 Å². The highest BCUT2D eigenvalue weighted by atomic mass is 14.9. The molecule has 0 saturated heterocycles. The molecule has 74 heavy (non-hydrogen) atoms. The molecule has 0 N–H and O–H groups in total. The molecule has 342 valence electrons. The summed E-state index contributed by atoms with van der Waals surface area (Å²) in [6.45, 7) is 0. The van der Waals surface area contributed by atoms with Crippen molar-refractivity contribution in [3.05, 3.63) is 261 Å². The molecule has 0 aliphatic carbocycles. The van der Waals surface area contributed by atoms with Crippen LogP contribution in [0.1, 0.15) is 0 Å². The summed E-state index contributed by atoms with van der Waals surface area (Å²) in [6.07, 6.45) is 0. The molecular formula is C71H43N3. The molecule has 2 aromatic heterocycles. The Morgan fingerprint density at radius 2 is 0.527 bits per heavy atom. The molecule has 15 rings (SSSR count). The van der Waals surface area contributed by atoms with E-state index in [-0.39, 0.29) is 0 Å². The Hall–Kier alpha value is -9.83. The molecule has 0 radical (unpaired) electrons. The largest absolute Gasteiger partial charge is 0.247 e. The number of nitrogens with zero attached hydrogens (tertiary/aromatic N) is 3. The third kappa shape index (κ3) is 6.78. The van der Waals surface area contributed by atoms with Crippen LogP contribution in [0.25, 0.3) is 154 Å². The highest BCUT2D eigenvalue weighted by molar-refractivity contribution is 6.27. The lowest BCUT2D eigenvalue weighted by atomic mass is 9.88. The monoisotopic (exact) mass is 937 g/mol. The van der Waals surface area contributed by atoms with E-state index in [1.807, 2.05) is 24.3 Å². The van der Waals surface area contributed by atoms with Gasteiger partial charge in [-0.15, -0.1) is 0 Å². The predicted octanol–water partition coefficient (Wildman–Crippen LogP) is 19.1. The molecule has 0 amide bonds. The minimum atomic E-state index is 0.696. The lowest BCUT2D eigenvalue weighted by Crippen LogP contribution is -1.96. The van der Waals surface area contributed by atoms with Crippen molar-refractivity contribution in [2.24, 2.45) is 0 Å². The van der Waals surface area contributed by atoms with E-state index in [4.69, 9.17) is 15.0 Å². The van der Waals surface area contributed by atoms with Gasteiger partial charge in [0.2, 0.25) is 0 Å². The van der Waals surface area contributed by atoms with E-state index in [1.54, 1.807) is 0 Å². The molecule has 13 aromatic carbocycles. The first-order chi connectivity index (χ1) is 36.7. The van der Waals surface area contributed by atoms with Gasteiger partial charge < -0.3 is 0 Å². The molecule has 0 spiro atoms. The number of pyridine rings is 1. The number of benzene rings is 13. The molecule has 0 aliphatic heterocycles. The standard InChI is InChI=1S/C71H43N3/c1-3-17-45(18-4-1)68-43-69(74-71(73-68)47-19-5-2-6-20-47)46-33-31-44(32-34-46)63-42-67(49-36-38-60-55-26-10-8-22-51(55)53-24-12-14-28-57(53)65(60)40-49)72-70-61-30-16-15-29-58(61)62(41-66(63)70)48-35-37-59-54-25-9-7-21-50(54)52-23-11-13-27-56(52)64(59)39-48/h1-43H. The summed E-state index contributed by atoms with van der Waals surface area (Å²) < 4.78 is 0. The van der Waals surface area contributed by atoms with Gasteiger partial charge in [-0.2, -0.15) is 0 Å². The van der Waals surface area contributed by atoms with E-state index >= 15 is 0 Å². The summed E-state index contributed by atoms with van der Waals surface area (Å²) >= 11 is 0. The highest BCUT2D eigenvalue weighted by Gasteiger charge is 2.19. The fourth-order valence-electron chi connectivity index (χ4n) is 11.7. The number of aromatic nitrogens is 3. The molecule has 0 fully saturated rings. The van der Waals surface area contributed by atoms with Gasteiger partial charge >= 0.3 is 0 Å². The van der Waals surface area contributed by atoms with Crippen molar-refractivity contribution in [2.45, 2.75) is 0 Å². The van der Waals surface area contributed by atoms with Crippen LogP contribution in [0, 0.1) is 0 Å². The Morgan fingerprint density at radius 1 is 0.176 bits per heavy atom. The average molecular weight is 938 g/mol. The van der Waals surface area contributed by atoms with E-state index in [0.717, 1.165) is 66.8 Å². The zero-order chi connectivity index (χ0) is 48.7. The second kappa shape index (κ2) is 16.9. The number of rotatable bonds is 6. The molecule has 0 saturated carbocycles. The van der Waals surface area contributed by atoms with Crippen LogP contribution in [0.5, 0.6) is 0 Å². The summed E-state index contributed by atoms with van der Waals surface area (Å²) in [5.41, 5.74) is 12.3. The second-order valence-corrected chi connectivity index (χ2v) is 19.4. The molecule has 3 nitrogen and oxygen atoms in total. The van der Waals surface area contributed by atoms with Gasteiger partial charge in [0.25, 0.3) is 0 Å². The maximum Gasteiger partial charge on any atom is 0.160 e. The summed E-state index contributed by atoms with van der Waals surface area (Å²) in [5.74, 6) is 0.696. The Bertz CT molecular complexity index is 4630. The zero-order valence-electron chi connectivity index (χ0n) is 40.2. The van der Waals surface area contributed by atoms with Gasteiger partial charge in [0, 0.05) is 33.0 Å². The van der Waals surface area contributed by atoms with Gasteiger partial charge in [-0.3, -0.25) is 0 Å². The lowest BCUT2D eigenvalue weighted by Gasteiger charge is -2.17. The Morgan fingerprint density at radius 3 is 1.05 bits per heavy atom. The van der Waals surface area contributed by atoms with Crippen LogP contribution in [0.15, 0.2) is 261 Å². The van der Waals surface area contributed by atoms with Crippen LogP contribution >= 0.6 is 0 Å². The fraction of sp³-hybridized carbons (Fsp3) is 0. The van der Waals surface area contributed by atoms with E-state index < -0.39 is 0 Å². The third-order valence-corrected chi connectivity index (χ3v) is 15.2. The first kappa shape index (κ1) is 41.9. The first-order valence-corrected chi connectivity index (χ1v) is 25.3. The predicted molar refractivity (Wildman–Crippen MR) is 312 cm³/mol. The summed E-state index contributed by atoms with van der Waals surface area (Å²) in [5, 5.41) is 18.4. The maximum atomic E-state index is 5.69.